The van der Waals surface area contributed by atoms with Crippen molar-refractivity contribution >= 4 is 16.0 Å². The van der Waals surface area contributed by atoms with Gasteiger partial charge in [-0.05, 0) is 38.2 Å². The van der Waals surface area contributed by atoms with Gasteiger partial charge >= 0.3 is 5.97 Å². The van der Waals surface area contributed by atoms with Gasteiger partial charge in [-0.25, -0.2) is 8.42 Å². The molecule has 1 unspecified atom stereocenters. The minimum atomic E-state index is -3.88. The number of hydrogen-bond acceptors (Lipinski definition) is 5. The van der Waals surface area contributed by atoms with Gasteiger partial charge in [-0.1, -0.05) is 5.92 Å². The summed E-state index contributed by atoms with van der Waals surface area (Å²) in [5.74, 6) is 4.80. The molecule has 24 heavy (non-hydrogen) atoms. The number of piperazine rings is 1. The van der Waals surface area contributed by atoms with Gasteiger partial charge in [0.25, 0.3) is 0 Å². The van der Waals surface area contributed by atoms with Gasteiger partial charge in [0.15, 0.2) is 0 Å². The molecule has 0 amide bonds. The molecule has 1 heterocycles. The standard InChI is InChI=1S/C16H20N2O5S/c1-3-4-11-23-13-5-7-14(8-6-13)24(21,22)18-10-9-17(2)12-15(18)16(19)20/h5-8,15H,9-12H2,1-2H3,(H,19,20). The van der Waals surface area contributed by atoms with Crippen LogP contribution in [0.4, 0.5) is 0 Å². The van der Waals surface area contributed by atoms with Crippen LogP contribution in [0.15, 0.2) is 29.2 Å². The minimum absolute atomic E-state index is 0.0484. The summed E-state index contributed by atoms with van der Waals surface area (Å²) in [6, 6.07) is 4.82. The monoisotopic (exact) mass is 352 g/mol. The Hall–Kier alpha value is -2.08. The number of ether oxygens (including phenoxy) is 1. The second-order valence-corrected chi connectivity index (χ2v) is 7.31. The van der Waals surface area contributed by atoms with Crippen LogP contribution in [0.3, 0.4) is 0 Å². The quantitative estimate of drug-likeness (QED) is 0.776. The van der Waals surface area contributed by atoms with E-state index in [-0.39, 0.29) is 24.6 Å². The Kier molecular flexibility index (Phi) is 5.83. The zero-order valence-corrected chi connectivity index (χ0v) is 14.4. The number of likely N-dealkylation sites (N-methyl/N-ethyl adjacent to an activating group) is 1. The number of rotatable bonds is 5. The van der Waals surface area contributed by atoms with Crippen LogP contribution < -0.4 is 4.74 Å². The van der Waals surface area contributed by atoms with E-state index >= 15 is 0 Å². The van der Waals surface area contributed by atoms with Crippen LogP contribution in [-0.4, -0.2) is 68.0 Å². The number of carboxylic acid groups (broad SMARTS) is 1. The van der Waals surface area contributed by atoms with Crippen molar-refractivity contribution in [3.05, 3.63) is 24.3 Å². The lowest BCUT2D eigenvalue weighted by molar-refractivity contribution is -0.143. The molecule has 8 heteroatoms. The molecule has 1 saturated heterocycles. The number of nitrogens with zero attached hydrogens (tertiary/aromatic N) is 2. The highest BCUT2D eigenvalue weighted by Crippen LogP contribution is 2.23. The Morgan fingerprint density at radius 1 is 1.33 bits per heavy atom. The van der Waals surface area contributed by atoms with Crippen molar-refractivity contribution in [2.75, 3.05) is 33.3 Å². The van der Waals surface area contributed by atoms with Crippen molar-refractivity contribution in [2.24, 2.45) is 0 Å². The van der Waals surface area contributed by atoms with Gasteiger partial charge in [0.05, 0.1) is 4.90 Å². The molecule has 0 spiro atoms. The SMILES string of the molecule is CC#CCOc1ccc(S(=O)(=O)N2CCN(C)CC2C(=O)O)cc1. The predicted molar refractivity (Wildman–Crippen MR) is 88.2 cm³/mol. The Labute approximate surface area is 141 Å². The topological polar surface area (TPSA) is 87.2 Å². The fourth-order valence-electron chi connectivity index (χ4n) is 2.43. The maximum atomic E-state index is 12.8. The average molecular weight is 352 g/mol. The summed E-state index contributed by atoms with van der Waals surface area (Å²) in [6.45, 7) is 2.71. The molecule has 1 aliphatic heterocycles. The van der Waals surface area contributed by atoms with E-state index in [4.69, 9.17) is 4.74 Å². The third-order valence-corrected chi connectivity index (χ3v) is 5.66. The molecule has 0 radical (unpaired) electrons. The van der Waals surface area contributed by atoms with Crippen LogP contribution in [0.2, 0.25) is 0 Å². The molecule has 0 bridgehead atoms. The number of aliphatic carboxylic acids is 1. The highest BCUT2D eigenvalue weighted by Gasteiger charge is 2.39. The van der Waals surface area contributed by atoms with E-state index in [0.29, 0.717) is 12.3 Å². The summed E-state index contributed by atoms with van der Waals surface area (Å²) < 4.78 is 31.9. The highest BCUT2D eigenvalue weighted by molar-refractivity contribution is 7.89. The third kappa shape index (κ3) is 4.06. The van der Waals surface area contributed by atoms with Gasteiger partial charge in [-0.3, -0.25) is 4.79 Å². The van der Waals surface area contributed by atoms with Crippen LogP contribution in [0.5, 0.6) is 5.75 Å². The lowest BCUT2D eigenvalue weighted by Gasteiger charge is -2.36. The van der Waals surface area contributed by atoms with Gasteiger partial charge in [-0.15, -0.1) is 5.92 Å². The lowest BCUT2D eigenvalue weighted by Crippen LogP contribution is -2.57. The Bertz CT molecular complexity index is 749. The largest absolute Gasteiger partial charge is 0.481 e. The summed E-state index contributed by atoms with van der Waals surface area (Å²) in [5.41, 5.74) is 0. The van der Waals surface area contributed by atoms with Crippen molar-refractivity contribution in [2.45, 2.75) is 17.9 Å². The number of sulfonamides is 1. The van der Waals surface area contributed by atoms with Gasteiger partial charge < -0.3 is 14.7 Å². The summed E-state index contributed by atoms with van der Waals surface area (Å²) in [7, 11) is -2.11. The Balaban J connectivity index is 2.22. The third-order valence-electron chi connectivity index (χ3n) is 3.74. The summed E-state index contributed by atoms with van der Waals surface area (Å²) in [4.78, 5) is 13.3. The zero-order valence-electron chi connectivity index (χ0n) is 13.6. The fourth-order valence-corrected chi connectivity index (χ4v) is 3.99. The molecule has 1 N–H and O–H groups in total. The fraction of sp³-hybridized carbons (Fsp3) is 0.438. The molecule has 1 aromatic carbocycles. The first-order valence-electron chi connectivity index (χ1n) is 7.42. The summed E-state index contributed by atoms with van der Waals surface area (Å²) in [6.07, 6.45) is 0. The van der Waals surface area contributed by atoms with E-state index in [1.807, 2.05) is 0 Å². The first-order valence-corrected chi connectivity index (χ1v) is 8.86. The molecule has 1 aliphatic rings. The normalized spacial score (nSPS) is 19.3. The van der Waals surface area contributed by atoms with Gasteiger partial charge in [-0.2, -0.15) is 4.31 Å². The molecule has 1 aromatic rings. The maximum absolute atomic E-state index is 12.8. The number of carboxylic acids is 1. The van der Waals surface area contributed by atoms with Crippen molar-refractivity contribution in [1.82, 2.24) is 9.21 Å². The van der Waals surface area contributed by atoms with E-state index in [1.165, 1.54) is 24.3 Å². The van der Waals surface area contributed by atoms with Gasteiger partial charge in [0.1, 0.15) is 18.4 Å². The maximum Gasteiger partial charge on any atom is 0.323 e. The van der Waals surface area contributed by atoms with E-state index in [1.54, 1.807) is 18.9 Å². The predicted octanol–water partition coefficient (Wildman–Crippen LogP) is 0.478. The molecule has 1 atom stereocenters. The molecule has 1 fully saturated rings. The molecular formula is C16H20N2O5S. The minimum Gasteiger partial charge on any atom is -0.481 e. The van der Waals surface area contributed by atoms with E-state index in [0.717, 1.165) is 4.31 Å². The molecule has 0 saturated carbocycles. The van der Waals surface area contributed by atoms with Crippen LogP contribution in [0.25, 0.3) is 0 Å². The van der Waals surface area contributed by atoms with Gasteiger partial charge in [0.2, 0.25) is 10.0 Å². The molecular weight excluding hydrogens is 332 g/mol. The lowest BCUT2D eigenvalue weighted by atomic mass is 10.2. The van der Waals surface area contributed by atoms with Crippen molar-refractivity contribution < 1.29 is 23.1 Å². The summed E-state index contributed by atoms with van der Waals surface area (Å²) >= 11 is 0. The smallest absolute Gasteiger partial charge is 0.323 e. The molecule has 0 aliphatic carbocycles. The second-order valence-electron chi connectivity index (χ2n) is 5.42. The number of carbonyl (C=O) groups is 1. The van der Waals surface area contributed by atoms with Crippen LogP contribution in [0.1, 0.15) is 6.92 Å². The Morgan fingerprint density at radius 3 is 2.58 bits per heavy atom. The first-order chi connectivity index (χ1) is 11.4. The summed E-state index contributed by atoms with van der Waals surface area (Å²) in [5, 5.41) is 9.34. The zero-order chi connectivity index (χ0) is 17.7. The second kappa shape index (κ2) is 7.66. The Morgan fingerprint density at radius 2 is 2.00 bits per heavy atom. The first kappa shape index (κ1) is 18.3. The average Bonchev–Trinajstić information content (AvgIpc) is 2.55. The van der Waals surface area contributed by atoms with E-state index in [9.17, 15) is 18.3 Å². The van der Waals surface area contributed by atoms with Crippen molar-refractivity contribution in [1.29, 1.82) is 0 Å². The number of benzene rings is 1. The molecule has 0 aromatic heterocycles. The highest BCUT2D eigenvalue weighted by atomic mass is 32.2. The van der Waals surface area contributed by atoms with Crippen molar-refractivity contribution in [3.63, 3.8) is 0 Å². The molecule has 7 nitrogen and oxygen atoms in total. The van der Waals surface area contributed by atoms with E-state index < -0.39 is 22.0 Å². The van der Waals surface area contributed by atoms with Gasteiger partial charge in [0, 0.05) is 19.6 Å². The van der Waals surface area contributed by atoms with Crippen LogP contribution in [-0.2, 0) is 14.8 Å². The van der Waals surface area contributed by atoms with Crippen LogP contribution in [0, 0.1) is 11.8 Å². The molecule has 130 valence electrons. The van der Waals surface area contributed by atoms with Crippen LogP contribution >= 0.6 is 0 Å². The molecule has 2 rings (SSSR count). The van der Waals surface area contributed by atoms with E-state index in [2.05, 4.69) is 11.8 Å². The number of hydrogen-bond donors (Lipinski definition) is 1. The van der Waals surface area contributed by atoms with Crippen molar-refractivity contribution in [3.8, 4) is 17.6 Å².